The van der Waals surface area contributed by atoms with E-state index in [1.807, 2.05) is 13.8 Å². The van der Waals surface area contributed by atoms with Crippen LogP contribution >= 0.6 is 0 Å². The number of unbranched alkanes of at least 4 members (excludes halogenated alkanes) is 1. The molecule has 46 heavy (non-hydrogen) atoms. The highest BCUT2D eigenvalue weighted by Gasteiger charge is 2.34. The number of carbonyl (C=O) groups excluding carboxylic acids is 4. The van der Waals surface area contributed by atoms with E-state index in [2.05, 4.69) is 21.3 Å². The Balaban J connectivity index is 3.31. The second-order valence-corrected chi connectivity index (χ2v) is 11.9. The Morgan fingerprint density at radius 1 is 0.783 bits per heavy atom. The molecule has 0 radical (unpaired) electrons. The van der Waals surface area contributed by atoms with Crippen molar-refractivity contribution in [2.24, 2.45) is 23.3 Å². The fourth-order valence-corrected chi connectivity index (χ4v) is 4.59. The summed E-state index contributed by atoms with van der Waals surface area (Å²) in [7, 11) is 0. The van der Waals surface area contributed by atoms with Crippen LogP contribution in [0.2, 0.25) is 0 Å². The Kier molecular flexibility index (Phi) is 17.3. The van der Waals surface area contributed by atoms with Crippen LogP contribution in [0.25, 0.3) is 0 Å². The summed E-state index contributed by atoms with van der Waals surface area (Å²) < 4.78 is 0. The molecule has 11 N–H and O–H groups in total. The number of nitrogens with two attached hydrogens (primary N) is 2. The molecule has 0 heterocycles. The molecule has 0 bridgehead atoms. The number of amides is 4. The molecule has 0 aliphatic heterocycles. The molecule has 1 rings (SSSR count). The van der Waals surface area contributed by atoms with Crippen molar-refractivity contribution in [3.8, 4) is 5.75 Å². The minimum absolute atomic E-state index is 0.0382. The SMILES string of the molecule is CCC(C)C(NC(=O)C(Cc1ccc(O)cc1)NC(=O)C(CC(=O)O)NC(=O)C(N)CC(C)C)C(=O)NC(CCCCN)C(=O)O. The van der Waals surface area contributed by atoms with Gasteiger partial charge < -0.3 is 48.1 Å². The van der Waals surface area contributed by atoms with E-state index in [4.69, 9.17) is 11.5 Å². The number of benzene rings is 1. The first-order chi connectivity index (χ1) is 21.6. The van der Waals surface area contributed by atoms with Crippen LogP contribution in [0.4, 0.5) is 0 Å². The van der Waals surface area contributed by atoms with Crippen molar-refractivity contribution in [1.82, 2.24) is 21.3 Å². The van der Waals surface area contributed by atoms with E-state index < -0.39 is 78.1 Å². The number of hydrogen-bond donors (Lipinski definition) is 9. The molecule has 0 aliphatic rings. The first-order valence-electron chi connectivity index (χ1n) is 15.5. The van der Waals surface area contributed by atoms with Crippen LogP contribution in [0.3, 0.4) is 0 Å². The van der Waals surface area contributed by atoms with Gasteiger partial charge in [0.2, 0.25) is 23.6 Å². The molecule has 1 aromatic rings. The maximum Gasteiger partial charge on any atom is 0.326 e. The molecular formula is C31H50N6O9. The van der Waals surface area contributed by atoms with E-state index in [-0.39, 0.29) is 30.9 Å². The Morgan fingerprint density at radius 3 is 1.87 bits per heavy atom. The van der Waals surface area contributed by atoms with E-state index in [0.717, 1.165) is 0 Å². The average molecular weight is 651 g/mol. The lowest BCUT2D eigenvalue weighted by molar-refractivity contribution is -0.143. The van der Waals surface area contributed by atoms with Gasteiger partial charge in [0.25, 0.3) is 0 Å². The maximum atomic E-state index is 13.7. The van der Waals surface area contributed by atoms with E-state index in [1.165, 1.54) is 24.3 Å². The molecule has 0 aromatic heterocycles. The second-order valence-electron chi connectivity index (χ2n) is 11.9. The van der Waals surface area contributed by atoms with Crippen molar-refractivity contribution in [3.05, 3.63) is 29.8 Å². The van der Waals surface area contributed by atoms with Crippen molar-refractivity contribution >= 4 is 35.6 Å². The predicted octanol–water partition coefficient (Wildman–Crippen LogP) is -0.0183. The van der Waals surface area contributed by atoms with Gasteiger partial charge in [0.1, 0.15) is 29.9 Å². The molecular weight excluding hydrogens is 600 g/mol. The van der Waals surface area contributed by atoms with Crippen LogP contribution < -0.4 is 32.7 Å². The van der Waals surface area contributed by atoms with Gasteiger partial charge in [-0.15, -0.1) is 0 Å². The van der Waals surface area contributed by atoms with E-state index in [9.17, 15) is 44.1 Å². The summed E-state index contributed by atoms with van der Waals surface area (Å²) in [6, 6.07) is -0.551. The number of carbonyl (C=O) groups is 6. The van der Waals surface area contributed by atoms with Gasteiger partial charge in [0.05, 0.1) is 12.5 Å². The fraction of sp³-hybridized carbons (Fsp3) is 0.613. The molecule has 15 nitrogen and oxygen atoms in total. The largest absolute Gasteiger partial charge is 0.508 e. The lowest BCUT2D eigenvalue weighted by Gasteiger charge is -2.28. The molecule has 6 unspecified atom stereocenters. The first kappa shape index (κ1) is 39.8. The average Bonchev–Trinajstić information content (AvgIpc) is 2.98. The molecule has 0 aliphatic carbocycles. The number of carboxylic acids is 2. The third-order valence-corrected chi connectivity index (χ3v) is 7.44. The smallest absolute Gasteiger partial charge is 0.326 e. The lowest BCUT2D eigenvalue weighted by atomic mass is 9.96. The monoisotopic (exact) mass is 650 g/mol. The van der Waals surface area contributed by atoms with Crippen LogP contribution in [0.5, 0.6) is 5.75 Å². The number of hydrogen-bond acceptors (Lipinski definition) is 9. The van der Waals surface area contributed by atoms with Crippen LogP contribution in [-0.4, -0.2) is 87.6 Å². The molecule has 15 heteroatoms. The van der Waals surface area contributed by atoms with Crippen LogP contribution in [-0.2, 0) is 35.2 Å². The third-order valence-electron chi connectivity index (χ3n) is 7.44. The zero-order valence-electron chi connectivity index (χ0n) is 27.0. The molecule has 0 saturated carbocycles. The Bertz CT molecular complexity index is 1180. The van der Waals surface area contributed by atoms with Crippen molar-refractivity contribution in [2.75, 3.05) is 6.54 Å². The topological polar surface area (TPSA) is 263 Å². The molecule has 0 fully saturated rings. The molecule has 258 valence electrons. The highest BCUT2D eigenvalue weighted by molar-refractivity contribution is 5.96. The minimum Gasteiger partial charge on any atom is -0.508 e. The number of rotatable bonds is 21. The molecule has 0 spiro atoms. The predicted molar refractivity (Wildman–Crippen MR) is 169 cm³/mol. The summed E-state index contributed by atoms with van der Waals surface area (Å²) in [6.45, 7) is 7.53. The number of nitrogens with one attached hydrogen (secondary N) is 4. The number of aliphatic carboxylic acids is 2. The first-order valence-corrected chi connectivity index (χ1v) is 15.5. The number of carboxylic acid groups (broad SMARTS) is 2. The van der Waals surface area contributed by atoms with Gasteiger partial charge in [-0.05, 0) is 61.8 Å². The maximum absolute atomic E-state index is 13.7. The van der Waals surface area contributed by atoms with Crippen molar-refractivity contribution in [2.45, 2.75) is 103 Å². The van der Waals surface area contributed by atoms with Crippen LogP contribution in [0.15, 0.2) is 24.3 Å². The van der Waals surface area contributed by atoms with Gasteiger partial charge in [-0.1, -0.05) is 46.2 Å². The van der Waals surface area contributed by atoms with Gasteiger partial charge in [-0.25, -0.2) is 4.79 Å². The molecule has 6 atom stereocenters. The number of aromatic hydroxyl groups is 1. The molecule has 1 aromatic carbocycles. The van der Waals surface area contributed by atoms with E-state index in [1.54, 1.807) is 13.8 Å². The van der Waals surface area contributed by atoms with Gasteiger partial charge in [0, 0.05) is 6.42 Å². The third kappa shape index (κ3) is 14.2. The summed E-state index contributed by atoms with van der Waals surface area (Å²) >= 11 is 0. The highest BCUT2D eigenvalue weighted by atomic mass is 16.4. The zero-order chi connectivity index (χ0) is 35.0. The Hall–Kier alpha value is -4.24. The summed E-state index contributed by atoms with van der Waals surface area (Å²) in [5.41, 5.74) is 11.9. The summed E-state index contributed by atoms with van der Waals surface area (Å²) in [6.07, 6.45) is 0.955. The quantitative estimate of drug-likeness (QED) is 0.0798. The van der Waals surface area contributed by atoms with Crippen molar-refractivity contribution < 1.29 is 44.1 Å². The van der Waals surface area contributed by atoms with Crippen LogP contribution in [0, 0.1) is 11.8 Å². The summed E-state index contributed by atoms with van der Waals surface area (Å²) in [5.74, 6) is -6.30. The molecule has 0 saturated heterocycles. The lowest BCUT2D eigenvalue weighted by Crippen LogP contribution is -2.60. The van der Waals surface area contributed by atoms with Gasteiger partial charge in [-0.2, -0.15) is 0 Å². The normalized spacial score (nSPS) is 15.0. The fourth-order valence-electron chi connectivity index (χ4n) is 4.59. The molecule has 4 amide bonds. The zero-order valence-corrected chi connectivity index (χ0v) is 27.0. The van der Waals surface area contributed by atoms with E-state index >= 15 is 0 Å². The standard InChI is InChI=1S/C31H50N6O9/c1-5-18(4)26(30(44)34-22(31(45)46)8-6-7-13-32)37-29(43)23(15-19-9-11-20(38)12-10-19)36-28(42)24(16-25(39)40)35-27(41)21(33)14-17(2)3/h9-12,17-18,21-24,26,38H,5-8,13-16,32-33H2,1-4H3,(H,34,44)(H,35,41)(H,36,42)(H,37,43)(H,39,40)(H,45,46). The van der Waals surface area contributed by atoms with Gasteiger partial charge in [-0.3, -0.25) is 24.0 Å². The number of phenolic OH excluding ortho intramolecular Hbond substituents is 1. The number of phenols is 1. The Labute approximate surface area is 269 Å². The summed E-state index contributed by atoms with van der Waals surface area (Å²) in [4.78, 5) is 76.4. The summed E-state index contributed by atoms with van der Waals surface area (Å²) in [5, 5.41) is 38.7. The minimum atomic E-state index is -1.57. The van der Waals surface area contributed by atoms with Crippen molar-refractivity contribution in [3.63, 3.8) is 0 Å². The van der Waals surface area contributed by atoms with Gasteiger partial charge in [0.15, 0.2) is 0 Å². The Morgan fingerprint density at radius 2 is 1.35 bits per heavy atom. The van der Waals surface area contributed by atoms with E-state index in [0.29, 0.717) is 31.4 Å². The van der Waals surface area contributed by atoms with Gasteiger partial charge >= 0.3 is 11.9 Å². The van der Waals surface area contributed by atoms with Crippen molar-refractivity contribution in [1.29, 1.82) is 0 Å². The highest BCUT2D eigenvalue weighted by Crippen LogP contribution is 2.14. The van der Waals surface area contributed by atoms with Crippen LogP contribution in [0.1, 0.15) is 71.8 Å². The second kappa shape index (κ2) is 20.0.